The van der Waals surface area contributed by atoms with Crippen LogP contribution in [0.25, 0.3) is 10.1 Å². The summed E-state index contributed by atoms with van der Waals surface area (Å²) in [6.45, 7) is 2.95. The Bertz CT molecular complexity index is 1190. The first-order valence-corrected chi connectivity index (χ1v) is 11.3. The maximum Gasteiger partial charge on any atom is 0.265 e. The molecule has 1 heterocycles. The Balaban J connectivity index is 1.47. The number of carbonyl (C=O) groups excluding carboxylic acids is 1. The van der Waals surface area contributed by atoms with E-state index in [1.807, 2.05) is 18.2 Å². The van der Waals surface area contributed by atoms with Crippen LogP contribution in [0.2, 0.25) is 0 Å². The average molecular weight is 480 g/mol. The van der Waals surface area contributed by atoms with Crippen LogP contribution >= 0.6 is 27.3 Å². The number of nitrogens with two attached hydrogens (primary N) is 1. The van der Waals surface area contributed by atoms with Gasteiger partial charge in [-0.2, -0.15) is 0 Å². The van der Waals surface area contributed by atoms with E-state index in [1.165, 1.54) is 22.5 Å². The third-order valence-corrected chi connectivity index (χ3v) is 6.63. The minimum absolute atomic E-state index is 0.142. The molecule has 0 saturated carbocycles. The van der Waals surface area contributed by atoms with Gasteiger partial charge in [0.2, 0.25) is 0 Å². The molecule has 4 nitrogen and oxygen atoms in total. The van der Waals surface area contributed by atoms with Crippen LogP contribution in [0.4, 0.5) is 11.4 Å². The van der Waals surface area contributed by atoms with Crippen molar-refractivity contribution in [3.05, 3.63) is 93.3 Å². The third kappa shape index (κ3) is 4.73. The second-order valence-corrected chi connectivity index (χ2v) is 9.18. The molecular weight excluding hydrogens is 458 g/mol. The lowest BCUT2D eigenvalue weighted by molar-refractivity contribution is 0.103. The molecule has 1 amide bonds. The Morgan fingerprint density at radius 1 is 1.07 bits per heavy atom. The fraction of sp³-hybridized carbons (Fsp3) is 0.125. The number of hydrogen-bond donors (Lipinski definition) is 3. The molecule has 0 aliphatic carbocycles. The van der Waals surface area contributed by atoms with Crippen molar-refractivity contribution < 1.29 is 4.79 Å². The average Bonchev–Trinajstić information content (AvgIpc) is 3.18. The molecule has 0 saturated heterocycles. The quantitative estimate of drug-likeness (QED) is 0.282. The van der Waals surface area contributed by atoms with E-state index < -0.39 is 0 Å². The van der Waals surface area contributed by atoms with Crippen LogP contribution in [-0.2, 0) is 6.54 Å². The van der Waals surface area contributed by atoms with Crippen molar-refractivity contribution in [2.75, 3.05) is 11.1 Å². The third-order valence-electron chi connectivity index (χ3n) is 5.00. The first kappa shape index (κ1) is 20.6. The van der Waals surface area contributed by atoms with Gasteiger partial charge in [0.15, 0.2) is 0 Å². The standard InChI is InChI=1S/C24H22BrN3OS/c1-15(27-14-16-6-10-19(25)11-7-16)17-8-9-18-13-23(30-22(18)12-17)24(29)28-21-5-3-2-4-20(21)26/h2-13,15,27H,14,26H2,1H3,(H,28,29). The summed E-state index contributed by atoms with van der Waals surface area (Å²) in [5.74, 6) is -0.142. The lowest BCUT2D eigenvalue weighted by atomic mass is 10.1. The highest BCUT2D eigenvalue weighted by Crippen LogP contribution is 2.30. The largest absolute Gasteiger partial charge is 0.397 e. The molecule has 1 atom stereocenters. The molecule has 0 fully saturated rings. The summed E-state index contributed by atoms with van der Waals surface area (Å²) in [5.41, 5.74) is 9.55. The molecule has 0 bridgehead atoms. The highest BCUT2D eigenvalue weighted by atomic mass is 79.9. The number of nitrogens with one attached hydrogen (secondary N) is 2. The Morgan fingerprint density at radius 2 is 1.83 bits per heavy atom. The van der Waals surface area contributed by atoms with Crippen LogP contribution in [0.3, 0.4) is 0 Å². The van der Waals surface area contributed by atoms with Crippen LogP contribution in [0, 0.1) is 0 Å². The summed E-state index contributed by atoms with van der Waals surface area (Å²) < 4.78 is 2.17. The number of hydrogen-bond acceptors (Lipinski definition) is 4. The minimum Gasteiger partial charge on any atom is -0.397 e. The van der Waals surface area contributed by atoms with Crippen LogP contribution in [0.1, 0.15) is 33.8 Å². The molecule has 4 aromatic rings. The molecule has 0 aliphatic rings. The van der Waals surface area contributed by atoms with Gasteiger partial charge < -0.3 is 16.4 Å². The van der Waals surface area contributed by atoms with E-state index in [4.69, 9.17) is 5.73 Å². The lowest BCUT2D eigenvalue weighted by Crippen LogP contribution is -2.17. The van der Waals surface area contributed by atoms with Crippen molar-refractivity contribution in [1.82, 2.24) is 5.32 Å². The van der Waals surface area contributed by atoms with E-state index in [1.54, 1.807) is 12.1 Å². The van der Waals surface area contributed by atoms with Gasteiger partial charge in [-0.25, -0.2) is 0 Å². The van der Waals surface area contributed by atoms with Crippen molar-refractivity contribution in [3.8, 4) is 0 Å². The predicted octanol–water partition coefficient (Wildman–Crippen LogP) is 6.35. The Hall–Kier alpha value is -2.67. The molecule has 1 unspecified atom stereocenters. The Kier molecular flexibility index (Phi) is 6.18. The summed E-state index contributed by atoms with van der Waals surface area (Å²) >= 11 is 4.96. The number of fused-ring (bicyclic) bond motifs is 1. The van der Waals surface area contributed by atoms with Crippen LogP contribution in [0.15, 0.2) is 77.3 Å². The van der Waals surface area contributed by atoms with E-state index in [0.717, 1.165) is 21.1 Å². The van der Waals surface area contributed by atoms with Crippen molar-refractivity contribution in [2.24, 2.45) is 0 Å². The SMILES string of the molecule is CC(NCc1ccc(Br)cc1)c1ccc2cc(C(=O)Nc3ccccc3N)sc2c1. The van der Waals surface area contributed by atoms with Crippen molar-refractivity contribution >= 4 is 54.6 Å². The maximum atomic E-state index is 12.7. The molecule has 152 valence electrons. The second-order valence-electron chi connectivity index (χ2n) is 7.18. The number of anilines is 2. The van der Waals surface area contributed by atoms with Crippen molar-refractivity contribution in [2.45, 2.75) is 19.5 Å². The number of carbonyl (C=O) groups is 1. The Morgan fingerprint density at radius 3 is 2.60 bits per heavy atom. The molecule has 0 radical (unpaired) electrons. The van der Waals surface area contributed by atoms with E-state index >= 15 is 0 Å². The highest BCUT2D eigenvalue weighted by molar-refractivity contribution is 9.10. The van der Waals surface area contributed by atoms with Gasteiger partial charge in [-0.05, 0) is 59.8 Å². The summed E-state index contributed by atoms with van der Waals surface area (Å²) in [6.07, 6.45) is 0. The predicted molar refractivity (Wildman–Crippen MR) is 130 cm³/mol. The normalized spacial score (nSPS) is 12.1. The van der Waals surface area contributed by atoms with Gasteiger partial charge in [0.25, 0.3) is 5.91 Å². The van der Waals surface area contributed by atoms with E-state index in [0.29, 0.717) is 16.3 Å². The topological polar surface area (TPSA) is 67.2 Å². The fourth-order valence-corrected chi connectivity index (χ4v) is 4.49. The summed E-state index contributed by atoms with van der Waals surface area (Å²) in [5, 5.41) is 7.53. The molecule has 3 aromatic carbocycles. The second kappa shape index (κ2) is 9.00. The Labute approximate surface area is 188 Å². The zero-order valence-corrected chi connectivity index (χ0v) is 18.9. The van der Waals surface area contributed by atoms with Gasteiger partial charge in [0.05, 0.1) is 16.3 Å². The molecular formula is C24H22BrN3OS. The number of para-hydroxylation sites is 2. The fourth-order valence-electron chi connectivity index (χ4n) is 3.21. The van der Waals surface area contributed by atoms with E-state index in [9.17, 15) is 4.79 Å². The molecule has 6 heteroatoms. The molecule has 0 aliphatic heterocycles. The summed E-state index contributed by atoms with van der Waals surface area (Å²) in [6, 6.07) is 24.1. The summed E-state index contributed by atoms with van der Waals surface area (Å²) in [4.78, 5) is 13.3. The van der Waals surface area contributed by atoms with Gasteiger partial charge in [-0.3, -0.25) is 4.79 Å². The smallest absolute Gasteiger partial charge is 0.265 e. The van der Waals surface area contributed by atoms with Gasteiger partial charge in [0.1, 0.15) is 0 Å². The summed E-state index contributed by atoms with van der Waals surface area (Å²) in [7, 11) is 0. The number of benzene rings is 3. The number of amides is 1. The molecule has 0 spiro atoms. The van der Waals surface area contributed by atoms with E-state index in [2.05, 4.69) is 76.0 Å². The van der Waals surface area contributed by atoms with Crippen LogP contribution in [-0.4, -0.2) is 5.91 Å². The minimum atomic E-state index is -0.142. The van der Waals surface area contributed by atoms with Crippen molar-refractivity contribution in [3.63, 3.8) is 0 Å². The number of halogens is 1. The van der Waals surface area contributed by atoms with Crippen LogP contribution < -0.4 is 16.4 Å². The van der Waals surface area contributed by atoms with E-state index in [-0.39, 0.29) is 11.9 Å². The zero-order valence-electron chi connectivity index (χ0n) is 16.5. The van der Waals surface area contributed by atoms with Gasteiger partial charge >= 0.3 is 0 Å². The molecule has 1 aromatic heterocycles. The molecule has 4 N–H and O–H groups in total. The zero-order chi connectivity index (χ0) is 21.1. The van der Waals surface area contributed by atoms with Crippen molar-refractivity contribution in [1.29, 1.82) is 0 Å². The monoisotopic (exact) mass is 479 g/mol. The first-order valence-electron chi connectivity index (χ1n) is 9.67. The van der Waals surface area contributed by atoms with Gasteiger partial charge in [-0.1, -0.05) is 52.3 Å². The number of nitrogen functional groups attached to an aromatic ring is 1. The maximum absolute atomic E-state index is 12.7. The lowest BCUT2D eigenvalue weighted by Gasteiger charge is -2.14. The first-order chi connectivity index (χ1) is 14.5. The van der Waals surface area contributed by atoms with Gasteiger partial charge in [-0.15, -0.1) is 11.3 Å². The molecule has 30 heavy (non-hydrogen) atoms. The molecule has 4 rings (SSSR count). The highest BCUT2D eigenvalue weighted by Gasteiger charge is 2.13. The van der Waals surface area contributed by atoms with Crippen LogP contribution in [0.5, 0.6) is 0 Å². The number of thiophene rings is 1. The number of rotatable bonds is 6. The van der Waals surface area contributed by atoms with Gasteiger partial charge in [0, 0.05) is 21.8 Å².